The molecule has 0 saturated heterocycles. The molecule has 156 valence electrons. The Hall–Kier alpha value is -2.63. The van der Waals surface area contributed by atoms with Crippen LogP contribution in [0.2, 0.25) is 5.02 Å². The van der Waals surface area contributed by atoms with Crippen molar-refractivity contribution in [1.82, 2.24) is 0 Å². The lowest BCUT2D eigenvalue weighted by Gasteiger charge is -2.19. The van der Waals surface area contributed by atoms with E-state index in [4.69, 9.17) is 21.1 Å². The highest BCUT2D eigenvalue weighted by molar-refractivity contribution is 7.17. The van der Waals surface area contributed by atoms with Crippen molar-refractivity contribution in [3.8, 4) is 16.2 Å². The summed E-state index contributed by atoms with van der Waals surface area (Å²) >= 11 is 7.38. The van der Waals surface area contributed by atoms with E-state index in [0.29, 0.717) is 21.2 Å². The van der Waals surface area contributed by atoms with E-state index in [1.54, 1.807) is 49.6 Å². The number of hydrogen-bond donors (Lipinski definition) is 0. The van der Waals surface area contributed by atoms with Crippen LogP contribution in [0, 0.1) is 0 Å². The zero-order chi connectivity index (χ0) is 21.9. The van der Waals surface area contributed by atoms with Gasteiger partial charge in [-0.05, 0) is 74.4 Å². The topological polar surface area (TPSA) is 52.6 Å². The summed E-state index contributed by atoms with van der Waals surface area (Å²) in [6, 6.07) is 16.1. The zero-order valence-corrected chi connectivity index (χ0v) is 18.9. The van der Waals surface area contributed by atoms with Crippen LogP contribution in [0.4, 0.5) is 0 Å². The minimum absolute atomic E-state index is 0.0849. The third kappa shape index (κ3) is 5.49. The van der Waals surface area contributed by atoms with Crippen LogP contribution in [-0.2, 0) is 16.0 Å². The molecule has 1 aromatic heterocycles. The molecule has 0 saturated carbocycles. The SMILES string of the molecule is COc1ccc(C(=O)c2cc(CC(=O)OC(C)(C)C)c(-c3ccc(Cl)cc3)s2)cc1. The van der Waals surface area contributed by atoms with E-state index in [1.807, 2.05) is 32.9 Å². The average molecular weight is 443 g/mol. The summed E-state index contributed by atoms with van der Waals surface area (Å²) < 4.78 is 10.6. The Morgan fingerprint density at radius 2 is 1.63 bits per heavy atom. The smallest absolute Gasteiger partial charge is 0.310 e. The fraction of sp³-hybridized carbons (Fsp3) is 0.250. The van der Waals surface area contributed by atoms with Crippen molar-refractivity contribution in [1.29, 1.82) is 0 Å². The molecule has 0 bridgehead atoms. The normalized spacial score (nSPS) is 11.2. The van der Waals surface area contributed by atoms with E-state index in [9.17, 15) is 9.59 Å². The van der Waals surface area contributed by atoms with Gasteiger partial charge in [-0.2, -0.15) is 0 Å². The molecular weight excluding hydrogens is 420 g/mol. The highest BCUT2D eigenvalue weighted by atomic mass is 35.5. The van der Waals surface area contributed by atoms with Crippen LogP contribution in [0.1, 0.15) is 41.6 Å². The number of thiophene rings is 1. The maximum atomic E-state index is 13.0. The van der Waals surface area contributed by atoms with Crippen LogP contribution in [0.5, 0.6) is 5.75 Å². The number of benzene rings is 2. The molecule has 6 heteroatoms. The average Bonchev–Trinajstić information content (AvgIpc) is 3.10. The first-order chi connectivity index (χ1) is 14.2. The zero-order valence-electron chi connectivity index (χ0n) is 17.3. The van der Waals surface area contributed by atoms with Crippen molar-refractivity contribution in [3.63, 3.8) is 0 Å². The first-order valence-corrected chi connectivity index (χ1v) is 10.6. The van der Waals surface area contributed by atoms with Gasteiger partial charge in [-0.25, -0.2) is 0 Å². The summed E-state index contributed by atoms with van der Waals surface area (Å²) in [6.45, 7) is 5.49. The fourth-order valence-corrected chi connectivity index (χ4v) is 4.21. The second-order valence-corrected chi connectivity index (χ2v) is 9.28. The Morgan fingerprint density at radius 1 is 1.00 bits per heavy atom. The maximum Gasteiger partial charge on any atom is 0.310 e. The molecule has 3 rings (SSSR count). The molecular formula is C24H23ClO4S. The number of carbonyl (C=O) groups excluding carboxylic acids is 2. The van der Waals surface area contributed by atoms with Crippen molar-refractivity contribution in [2.75, 3.05) is 7.11 Å². The fourth-order valence-electron chi connectivity index (χ4n) is 2.94. The molecule has 0 N–H and O–H groups in total. The van der Waals surface area contributed by atoms with Gasteiger partial charge in [-0.1, -0.05) is 23.7 Å². The second kappa shape index (κ2) is 9.02. The van der Waals surface area contributed by atoms with E-state index >= 15 is 0 Å². The summed E-state index contributed by atoms with van der Waals surface area (Å²) in [5, 5.41) is 0.624. The van der Waals surface area contributed by atoms with Gasteiger partial charge in [0.25, 0.3) is 0 Å². The lowest BCUT2D eigenvalue weighted by Crippen LogP contribution is -2.24. The quantitative estimate of drug-likeness (QED) is 0.337. The lowest BCUT2D eigenvalue weighted by molar-refractivity contribution is -0.153. The van der Waals surface area contributed by atoms with Gasteiger partial charge in [0.05, 0.1) is 18.4 Å². The van der Waals surface area contributed by atoms with Crippen LogP contribution in [0.25, 0.3) is 10.4 Å². The van der Waals surface area contributed by atoms with E-state index in [2.05, 4.69) is 0 Å². The second-order valence-electron chi connectivity index (χ2n) is 7.79. The molecule has 1 heterocycles. The summed E-state index contributed by atoms with van der Waals surface area (Å²) in [5.74, 6) is 0.248. The molecule has 0 aliphatic carbocycles. The number of rotatable bonds is 6. The van der Waals surface area contributed by atoms with Crippen LogP contribution < -0.4 is 4.74 Å². The predicted molar refractivity (Wildman–Crippen MR) is 121 cm³/mol. The van der Waals surface area contributed by atoms with Gasteiger partial charge in [0.15, 0.2) is 0 Å². The number of esters is 1. The van der Waals surface area contributed by atoms with Gasteiger partial charge in [-0.15, -0.1) is 11.3 Å². The Kier molecular flexibility index (Phi) is 6.64. The molecule has 2 aromatic carbocycles. The molecule has 0 fully saturated rings. The van der Waals surface area contributed by atoms with E-state index in [-0.39, 0.29) is 18.2 Å². The first kappa shape index (κ1) is 22.1. The highest BCUT2D eigenvalue weighted by Gasteiger charge is 2.22. The molecule has 4 nitrogen and oxygen atoms in total. The van der Waals surface area contributed by atoms with Crippen LogP contribution in [-0.4, -0.2) is 24.5 Å². The third-order valence-corrected chi connectivity index (χ3v) is 5.72. The van der Waals surface area contributed by atoms with Gasteiger partial charge in [0.2, 0.25) is 5.78 Å². The van der Waals surface area contributed by atoms with Gasteiger partial charge in [-0.3, -0.25) is 9.59 Å². The lowest BCUT2D eigenvalue weighted by atomic mass is 10.0. The van der Waals surface area contributed by atoms with Crippen molar-refractivity contribution < 1.29 is 19.1 Å². The summed E-state index contributed by atoms with van der Waals surface area (Å²) in [7, 11) is 1.58. The van der Waals surface area contributed by atoms with Crippen LogP contribution >= 0.6 is 22.9 Å². The van der Waals surface area contributed by atoms with Crippen LogP contribution in [0.3, 0.4) is 0 Å². The molecule has 0 spiro atoms. The molecule has 0 aliphatic rings. The Bertz CT molecular complexity index is 1040. The first-order valence-electron chi connectivity index (χ1n) is 9.45. The number of methoxy groups -OCH3 is 1. The Balaban J connectivity index is 1.97. The Labute approximate surface area is 185 Å². The van der Waals surface area contributed by atoms with Crippen LogP contribution in [0.15, 0.2) is 54.6 Å². The Morgan fingerprint density at radius 3 is 2.20 bits per heavy atom. The number of ketones is 1. The van der Waals surface area contributed by atoms with Gasteiger partial charge in [0.1, 0.15) is 11.4 Å². The molecule has 0 amide bonds. The summed E-state index contributed by atoms with van der Waals surface area (Å²) in [6.07, 6.45) is 0.0849. The third-order valence-electron chi connectivity index (χ3n) is 4.25. The summed E-state index contributed by atoms with van der Waals surface area (Å²) in [4.78, 5) is 26.9. The van der Waals surface area contributed by atoms with Gasteiger partial charge in [0, 0.05) is 15.5 Å². The van der Waals surface area contributed by atoms with E-state index in [0.717, 1.165) is 16.0 Å². The molecule has 0 aliphatic heterocycles. The predicted octanol–water partition coefficient (Wildman–Crippen LogP) is 6.19. The minimum Gasteiger partial charge on any atom is -0.497 e. The van der Waals surface area contributed by atoms with Crippen molar-refractivity contribution in [2.45, 2.75) is 32.8 Å². The molecule has 0 unspecified atom stereocenters. The van der Waals surface area contributed by atoms with Crippen molar-refractivity contribution >= 4 is 34.7 Å². The van der Waals surface area contributed by atoms with Gasteiger partial charge < -0.3 is 9.47 Å². The standard InChI is InChI=1S/C24H23ClO4S/c1-24(2,3)29-21(26)14-17-13-20(22(27)15-7-11-19(28-4)12-8-15)30-23(17)16-5-9-18(25)10-6-16/h5-13H,14H2,1-4H3. The number of halogens is 1. The van der Waals surface area contributed by atoms with E-state index < -0.39 is 5.60 Å². The largest absolute Gasteiger partial charge is 0.497 e. The number of carbonyl (C=O) groups is 2. The van der Waals surface area contributed by atoms with Gasteiger partial charge >= 0.3 is 5.97 Å². The molecule has 3 aromatic rings. The van der Waals surface area contributed by atoms with E-state index in [1.165, 1.54) is 11.3 Å². The van der Waals surface area contributed by atoms with Crippen molar-refractivity contribution in [3.05, 3.63) is 75.6 Å². The highest BCUT2D eigenvalue weighted by Crippen LogP contribution is 2.35. The summed E-state index contributed by atoms with van der Waals surface area (Å²) in [5.41, 5.74) is 1.64. The minimum atomic E-state index is -0.574. The number of hydrogen-bond acceptors (Lipinski definition) is 5. The number of ether oxygens (including phenoxy) is 2. The maximum absolute atomic E-state index is 13.0. The van der Waals surface area contributed by atoms with Crippen molar-refractivity contribution in [2.24, 2.45) is 0 Å². The molecule has 0 radical (unpaired) electrons. The molecule has 0 atom stereocenters. The monoisotopic (exact) mass is 442 g/mol. The molecule has 30 heavy (non-hydrogen) atoms.